The average Bonchev–Trinajstić information content (AvgIpc) is 2.26. The van der Waals surface area contributed by atoms with Crippen LogP contribution in [0.3, 0.4) is 0 Å². The highest BCUT2D eigenvalue weighted by molar-refractivity contribution is 5.73. The zero-order valence-corrected chi connectivity index (χ0v) is 8.64. The van der Waals surface area contributed by atoms with E-state index in [0.29, 0.717) is 19.0 Å². The summed E-state index contributed by atoms with van der Waals surface area (Å²) in [5, 5.41) is 0. The van der Waals surface area contributed by atoms with Gasteiger partial charge in [-0.3, -0.25) is 0 Å². The van der Waals surface area contributed by atoms with Gasteiger partial charge in [-0.15, -0.1) is 0 Å². The first kappa shape index (κ1) is 11.7. The van der Waals surface area contributed by atoms with Crippen LogP contribution in [0, 0.1) is 0 Å². The van der Waals surface area contributed by atoms with Crippen LogP contribution in [0.1, 0.15) is 0 Å². The molecule has 1 aromatic carbocycles. The molecule has 0 aliphatic heterocycles. The van der Waals surface area contributed by atoms with E-state index in [1.807, 2.05) is 6.07 Å². The molecule has 0 aromatic heterocycles. The lowest BCUT2D eigenvalue weighted by atomic mass is 10.3. The molecule has 15 heavy (non-hydrogen) atoms. The maximum absolute atomic E-state index is 11.2. The summed E-state index contributed by atoms with van der Waals surface area (Å²) in [6.07, 6.45) is 0. The first-order chi connectivity index (χ1) is 7.33. The molecule has 0 saturated heterocycles. The fourth-order valence-corrected chi connectivity index (χ4v) is 0.947. The Balaban J connectivity index is 2.19. The quantitative estimate of drug-likeness (QED) is 0.403. The molecule has 0 N–H and O–H groups in total. The molecule has 4 heteroatoms. The van der Waals surface area contributed by atoms with Crippen molar-refractivity contribution < 1.29 is 19.0 Å². The molecular formula is C11H14O4. The number of esters is 1. The normalized spacial score (nSPS) is 9.93. The summed E-state index contributed by atoms with van der Waals surface area (Å²) in [6, 6.07) is 8.88. The van der Waals surface area contributed by atoms with Gasteiger partial charge in [0.25, 0.3) is 0 Å². The molecule has 0 bridgehead atoms. The summed E-state index contributed by atoms with van der Waals surface area (Å²) in [5.41, 5.74) is 0. The molecule has 0 atom stereocenters. The van der Waals surface area contributed by atoms with Crippen molar-refractivity contribution >= 4 is 5.97 Å². The van der Waals surface area contributed by atoms with Crippen LogP contribution >= 0.6 is 0 Å². The molecule has 0 aliphatic carbocycles. The Bertz CT molecular complexity index is 284. The molecule has 0 aliphatic rings. The van der Waals surface area contributed by atoms with Gasteiger partial charge in [0.05, 0.1) is 13.2 Å². The smallest absolute Gasteiger partial charge is 0.337 e. The van der Waals surface area contributed by atoms with E-state index in [4.69, 9.17) is 14.2 Å². The van der Waals surface area contributed by atoms with Crippen LogP contribution in [-0.2, 0) is 14.3 Å². The molecule has 4 nitrogen and oxygen atoms in total. The average molecular weight is 210 g/mol. The van der Waals surface area contributed by atoms with E-state index in [-0.39, 0.29) is 6.61 Å². The summed E-state index contributed by atoms with van der Waals surface area (Å²) in [7, 11) is 1.58. The van der Waals surface area contributed by atoms with Crippen molar-refractivity contribution in [2.75, 3.05) is 26.9 Å². The van der Waals surface area contributed by atoms with Gasteiger partial charge in [-0.05, 0) is 12.1 Å². The second-order valence-electron chi connectivity index (χ2n) is 2.83. The molecule has 0 amide bonds. The van der Waals surface area contributed by atoms with Gasteiger partial charge >= 0.3 is 5.97 Å². The van der Waals surface area contributed by atoms with Crippen molar-refractivity contribution in [3.05, 3.63) is 30.3 Å². The van der Waals surface area contributed by atoms with Gasteiger partial charge in [0.2, 0.25) is 0 Å². The highest BCUT2D eigenvalue weighted by Crippen LogP contribution is 2.08. The summed E-state index contributed by atoms with van der Waals surface area (Å²) in [5.74, 6) is 0.121. The number of carbonyl (C=O) groups is 1. The highest BCUT2D eigenvalue weighted by Gasteiger charge is 2.03. The fourth-order valence-electron chi connectivity index (χ4n) is 0.947. The van der Waals surface area contributed by atoms with Crippen molar-refractivity contribution in [3.63, 3.8) is 0 Å². The molecule has 0 saturated carbocycles. The number of hydrogen-bond donors (Lipinski definition) is 0. The minimum Gasteiger partial charge on any atom is -0.425 e. The molecule has 0 heterocycles. The summed E-state index contributed by atoms with van der Waals surface area (Å²) < 4.78 is 14.8. The Kier molecular flexibility index (Phi) is 5.43. The second-order valence-corrected chi connectivity index (χ2v) is 2.83. The maximum Gasteiger partial charge on any atom is 0.337 e. The molecule has 0 radical (unpaired) electrons. The van der Waals surface area contributed by atoms with Crippen LogP contribution in [0.25, 0.3) is 0 Å². The predicted molar refractivity (Wildman–Crippen MR) is 54.8 cm³/mol. The predicted octanol–water partition coefficient (Wildman–Crippen LogP) is 1.26. The van der Waals surface area contributed by atoms with Crippen LogP contribution in [0.2, 0.25) is 0 Å². The zero-order chi connectivity index (χ0) is 10.9. The highest BCUT2D eigenvalue weighted by atomic mass is 16.6. The van der Waals surface area contributed by atoms with Gasteiger partial charge in [-0.1, -0.05) is 18.2 Å². The van der Waals surface area contributed by atoms with Crippen molar-refractivity contribution in [3.8, 4) is 5.75 Å². The van der Waals surface area contributed by atoms with Crippen LogP contribution in [-0.4, -0.2) is 32.9 Å². The first-order valence-corrected chi connectivity index (χ1v) is 4.65. The van der Waals surface area contributed by atoms with E-state index in [1.165, 1.54) is 0 Å². The summed E-state index contributed by atoms with van der Waals surface area (Å²) >= 11 is 0. The zero-order valence-electron chi connectivity index (χ0n) is 8.64. The van der Waals surface area contributed by atoms with Crippen LogP contribution in [0.4, 0.5) is 0 Å². The Morgan fingerprint density at radius 3 is 2.60 bits per heavy atom. The van der Waals surface area contributed by atoms with Crippen molar-refractivity contribution in [2.24, 2.45) is 0 Å². The van der Waals surface area contributed by atoms with Gasteiger partial charge in [0.1, 0.15) is 12.4 Å². The van der Waals surface area contributed by atoms with E-state index < -0.39 is 5.97 Å². The Labute approximate surface area is 88.8 Å². The SMILES string of the molecule is COCCOCC(=O)Oc1ccccc1. The van der Waals surface area contributed by atoms with E-state index in [0.717, 1.165) is 0 Å². The molecular weight excluding hydrogens is 196 g/mol. The molecule has 1 rings (SSSR count). The van der Waals surface area contributed by atoms with E-state index in [9.17, 15) is 4.79 Å². The molecule has 0 unspecified atom stereocenters. The number of benzene rings is 1. The van der Waals surface area contributed by atoms with Gasteiger partial charge < -0.3 is 14.2 Å². The van der Waals surface area contributed by atoms with Gasteiger partial charge in [0.15, 0.2) is 0 Å². The third-order valence-corrected chi connectivity index (χ3v) is 1.63. The lowest BCUT2D eigenvalue weighted by Crippen LogP contribution is -2.17. The van der Waals surface area contributed by atoms with Gasteiger partial charge in [-0.2, -0.15) is 0 Å². The fraction of sp³-hybridized carbons (Fsp3) is 0.364. The van der Waals surface area contributed by atoms with Gasteiger partial charge in [-0.25, -0.2) is 4.79 Å². The lowest BCUT2D eigenvalue weighted by Gasteiger charge is -2.04. The maximum atomic E-state index is 11.2. The number of ether oxygens (including phenoxy) is 3. The van der Waals surface area contributed by atoms with E-state index in [1.54, 1.807) is 31.4 Å². The van der Waals surface area contributed by atoms with Crippen molar-refractivity contribution in [1.82, 2.24) is 0 Å². The Morgan fingerprint density at radius 1 is 1.20 bits per heavy atom. The van der Waals surface area contributed by atoms with E-state index in [2.05, 4.69) is 0 Å². The summed E-state index contributed by atoms with van der Waals surface area (Å²) in [4.78, 5) is 11.2. The monoisotopic (exact) mass is 210 g/mol. The van der Waals surface area contributed by atoms with Crippen molar-refractivity contribution in [1.29, 1.82) is 0 Å². The Morgan fingerprint density at radius 2 is 1.93 bits per heavy atom. The largest absolute Gasteiger partial charge is 0.425 e. The third-order valence-electron chi connectivity index (χ3n) is 1.63. The molecule has 1 aromatic rings. The van der Waals surface area contributed by atoms with Crippen LogP contribution in [0.15, 0.2) is 30.3 Å². The minimum atomic E-state index is -0.405. The summed E-state index contributed by atoms with van der Waals surface area (Å²) in [6.45, 7) is 0.803. The van der Waals surface area contributed by atoms with Crippen LogP contribution in [0.5, 0.6) is 5.75 Å². The number of para-hydroxylation sites is 1. The number of hydrogen-bond acceptors (Lipinski definition) is 4. The number of rotatable bonds is 6. The Hall–Kier alpha value is -1.39. The number of methoxy groups -OCH3 is 1. The molecule has 82 valence electrons. The van der Waals surface area contributed by atoms with Gasteiger partial charge in [0, 0.05) is 7.11 Å². The second kappa shape index (κ2) is 6.98. The van der Waals surface area contributed by atoms with E-state index >= 15 is 0 Å². The lowest BCUT2D eigenvalue weighted by molar-refractivity contribution is -0.139. The third kappa shape index (κ3) is 5.15. The molecule has 0 fully saturated rings. The standard InChI is InChI=1S/C11H14O4/c1-13-7-8-14-9-11(12)15-10-5-3-2-4-6-10/h2-6H,7-9H2,1H3. The topological polar surface area (TPSA) is 44.8 Å². The minimum absolute atomic E-state index is 0.0573. The molecule has 0 spiro atoms. The first-order valence-electron chi connectivity index (χ1n) is 4.65. The van der Waals surface area contributed by atoms with Crippen molar-refractivity contribution in [2.45, 2.75) is 0 Å². The van der Waals surface area contributed by atoms with Crippen LogP contribution < -0.4 is 4.74 Å². The number of carbonyl (C=O) groups excluding carboxylic acids is 1.